The van der Waals surface area contributed by atoms with Gasteiger partial charge in [0.25, 0.3) is 0 Å². The molecule has 0 bridgehead atoms. The molecule has 1 atom stereocenters. The maximum Gasteiger partial charge on any atom is 0.143 e. The van der Waals surface area contributed by atoms with Crippen molar-refractivity contribution in [3.05, 3.63) is 29.6 Å². The van der Waals surface area contributed by atoms with Crippen LogP contribution in [-0.2, 0) is 0 Å². The Morgan fingerprint density at radius 3 is 2.68 bits per heavy atom. The van der Waals surface area contributed by atoms with Gasteiger partial charge in [0, 0.05) is 11.7 Å². The van der Waals surface area contributed by atoms with Crippen LogP contribution in [0, 0.1) is 23.1 Å². The number of halogens is 1. The van der Waals surface area contributed by atoms with Crippen LogP contribution in [0.4, 0.5) is 10.1 Å². The van der Waals surface area contributed by atoms with E-state index in [9.17, 15) is 4.39 Å². The predicted molar refractivity (Wildman–Crippen MR) is 75.4 cm³/mol. The third-order valence-electron chi connectivity index (χ3n) is 4.10. The lowest BCUT2D eigenvalue weighted by Crippen LogP contribution is -2.30. The molecule has 0 saturated heterocycles. The van der Waals surface area contributed by atoms with Gasteiger partial charge in [0.2, 0.25) is 0 Å². The number of hydrogen-bond acceptors (Lipinski definition) is 2. The topological polar surface area (TPSA) is 35.8 Å². The van der Waals surface area contributed by atoms with E-state index in [4.69, 9.17) is 5.26 Å². The highest BCUT2D eigenvalue weighted by molar-refractivity contribution is 5.48. The Balaban J connectivity index is 2.05. The molecular weight excluding hydrogens is 239 g/mol. The number of rotatable bonds is 4. The van der Waals surface area contributed by atoms with Crippen molar-refractivity contribution in [2.75, 3.05) is 5.32 Å². The molecule has 0 radical (unpaired) electrons. The normalized spacial score (nSPS) is 17.7. The number of hydrogen-bond donors (Lipinski definition) is 1. The minimum absolute atomic E-state index is 0.108. The molecule has 1 N–H and O–H groups in total. The standard InChI is InChI=1S/C16H21FN2/c1-2-16(12-6-4-3-5-7-12)19-14-9-8-13(11-18)15(17)10-14/h8-10,12,16,19H,2-7H2,1H3. The van der Waals surface area contributed by atoms with Gasteiger partial charge in [-0.3, -0.25) is 0 Å². The van der Waals surface area contributed by atoms with Gasteiger partial charge in [-0.15, -0.1) is 0 Å². The van der Waals surface area contributed by atoms with Gasteiger partial charge in [-0.05, 0) is 43.4 Å². The van der Waals surface area contributed by atoms with E-state index >= 15 is 0 Å². The Hall–Kier alpha value is -1.56. The van der Waals surface area contributed by atoms with Crippen LogP contribution in [0.2, 0.25) is 0 Å². The lowest BCUT2D eigenvalue weighted by atomic mass is 9.83. The average molecular weight is 260 g/mol. The van der Waals surface area contributed by atoms with Crippen molar-refractivity contribution < 1.29 is 4.39 Å². The smallest absolute Gasteiger partial charge is 0.143 e. The molecule has 1 aromatic carbocycles. The lowest BCUT2D eigenvalue weighted by Gasteiger charge is -2.31. The monoisotopic (exact) mass is 260 g/mol. The summed E-state index contributed by atoms with van der Waals surface area (Å²) >= 11 is 0. The first kappa shape index (κ1) is 13.9. The Labute approximate surface area is 114 Å². The Bertz CT molecular complexity index is 458. The number of anilines is 1. The van der Waals surface area contributed by atoms with E-state index in [1.54, 1.807) is 12.1 Å². The van der Waals surface area contributed by atoms with Crippen LogP contribution in [-0.4, -0.2) is 6.04 Å². The van der Waals surface area contributed by atoms with Crippen molar-refractivity contribution in [1.82, 2.24) is 0 Å². The van der Waals surface area contributed by atoms with Crippen LogP contribution in [0.1, 0.15) is 51.0 Å². The summed E-state index contributed by atoms with van der Waals surface area (Å²) < 4.78 is 13.6. The molecule has 0 aromatic heterocycles. The first-order valence-electron chi connectivity index (χ1n) is 7.20. The van der Waals surface area contributed by atoms with E-state index in [2.05, 4.69) is 12.2 Å². The van der Waals surface area contributed by atoms with Crippen LogP contribution >= 0.6 is 0 Å². The predicted octanol–water partition coefficient (Wildman–Crippen LogP) is 4.47. The molecule has 19 heavy (non-hydrogen) atoms. The minimum Gasteiger partial charge on any atom is -0.382 e. The number of benzene rings is 1. The lowest BCUT2D eigenvalue weighted by molar-refractivity contribution is 0.313. The molecule has 0 spiro atoms. The average Bonchev–Trinajstić information content (AvgIpc) is 2.46. The number of nitrogens with zero attached hydrogens (tertiary/aromatic N) is 1. The Morgan fingerprint density at radius 2 is 2.11 bits per heavy atom. The third-order valence-corrected chi connectivity index (χ3v) is 4.10. The largest absolute Gasteiger partial charge is 0.382 e. The SMILES string of the molecule is CCC(Nc1ccc(C#N)c(F)c1)C1CCCCC1. The Morgan fingerprint density at radius 1 is 1.37 bits per heavy atom. The molecule has 3 heteroatoms. The van der Waals surface area contributed by atoms with E-state index < -0.39 is 5.82 Å². The highest BCUT2D eigenvalue weighted by Gasteiger charge is 2.22. The molecule has 0 heterocycles. The number of nitriles is 1. The fourth-order valence-corrected chi connectivity index (χ4v) is 3.00. The van der Waals surface area contributed by atoms with E-state index in [0.29, 0.717) is 12.0 Å². The van der Waals surface area contributed by atoms with Gasteiger partial charge in [0.05, 0.1) is 5.56 Å². The zero-order valence-corrected chi connectivity index (χ0v) is 11.5. The summed E-state index contributed by atoms with van der Waals surface area (Å²) in [6.45, 7) is 2.17. The van der Waals surface area contributed by atoms with Crippen molar-refractivity contribution >= 4 is 5.69 Å². The van der Waals surface area contributed by atoms with E-state index in [-0.39, 0.29) is 5.56 Å². The van der Waals surface area contributed by atoms with Crippen molar-refractivity contribution in [1.29, 1.82) is 5.26 Å². The molecule has 102 valence electrons. The van der Waals surface area contributed by atoms with Gasteiger partial charge in [0.1, 0.15) is 11.9 Å². The van der Waals surface area contributed by atoms with E-state index in [1.165, 1.54) is 38.2 Å². The molecule has 1 aliphatic rings. The highest BCUT2D eigenvalue weighted by atomic mass is 19.1. The molecule has 1 saturated carbocycles. The van der Waals surface area contributed by atoms with Gasteiger partial charge < -0.3 is 5.32 Å². The molecule has 0 aliphatic heterocycles. The Kier molecular flexibility index (Phi) is 4.79. The van der Waals surface area contributed by atoms with Gasteiger partial charge in [-0.2, -0.15) is 5.26 Å². The molecule has 1 aliphatic carbocycles. The van der Waals surface area contributed by atoms with Gasteiger partial charge in [-0.25, -0.2) is 4.39 Å². The molecule has 1 fully saturated rings. The maximum absolute atomic E-state index is 13.6. The first-order valence-corrected chi connectivity index (χ1v) is 7.20. The minimum atomic E-state index is -0.439. The van der Waals surface area contributed by atoms with Crippen LogP contribution < -0.4 is 5.32 Å². The molecule has 1 unspecified atom stereocenters. The quantitative estimate of drug-likeness (QED) is 0.867. The second kappa shape index (κ2) is 6.56. The van der Waals surface area contributed by atoms with Crippen molar-refractivity contribution in [3.8, 4) is 6.07 Å². The van der Waals surface area contributed by atoms with Crippen molar-refractivity contribution in [2.24, 2.45) is 5.92 Å². The fourth-order valence-electron chi connectivity index (χ4n) is 3.00. The van der Waals surface area contributed by atoms with Gasteiger partial charge in [-0.1, -0.05) is 26.2 Å². The summed E-state index contributed by atoms with van der Waals surface area (Å²) in [5, 5.41) is 12.2. The summed E-state index contributed by atoms with van der Waals surface area (Å²) in [5.41, 5.74) is 0.894. The summed E-state index contributed by atoms with van der Waals surface area (Å²) in [6, 6.07) is 7.04. The first-order chi connectivity index (χ1) is 9.24. The molecular formula is C16H21FN2. The van der Waals surface area contributed by atoms with Gasteiger partial charge >= 0.3 is 0 Å². The molecule has 2 nitrogen and oxygen atoms in total. The third kappa shape index (κ3) is 3.47. The zero-order chi connectivity index (χ0) is 13.7. The van der Waals surface area contributed by atoms with Crippen LogP contribution in [0.15, 0.2) is 18.2 Å². The van der Waals surface area contributed by atoms with E-state index in [1.807, 2.05) is 6.07 Å². The second-order valence-corrected chi connectivity index (χ2v) is 5.36. The van der Waals surface area contributed by atoms with Crippen LogP contribution in [0.5, 0.6) is 0 Å². The zero-order valence-electron chi connectivity index (χ0n) is 11.5. The molecule has 0 amide bonds. The molecule has 1 aromatic rings. The summed E-state index contributed by atoms with van der Waals surface area (Å²) in [4.78, 5) is 0. The van der Waals surface area contributed by atoms with E-state index in [0.717, 1.165) is 12.1 Å². The summed E-state index contributed by atoms with van der Waals surface area (Å²) in [7, 11) is 0. The maximum atomic E-state index is 13.6. The summed E-state index contributed by atoms with van der Waals surface area (Å²) in [5.74, 6) is 0.253. The van der Waals surface area contributed by atoms with Crippen molar-refractivity contribution in [3.63, 3.8) is 0 Å². The number of nitrogens with one attached hydrogen (secondary N) is 1. The summed E-state index contributed by atoms with van der Waals surface area (Å²) in [6.07, 6.45) is 7.55. The van der Waals surface area contributed by atoms with Crippen LogP contribution in [0.25, 0.3) is 0 Å². The van der Waals surface area contributed by atoms with Gasteiger partial charge in [0.15, 0.2) is 0 Å². The molecule has 2 rings (SSSR count). The fraction of sp³-hybridized carbons (Fsp3) is 0.562. The van der Waals surface area contributed by atoms with Crippen LogP contribution in [0.3, 0.4) is 0 Å². The second-order valence-electron chi connectivity index (χ2n) is 5.36. The van der Waals surface area contributed by atoms with Crippen molar-refractivity contribution in [2.45, 2.75) is 51.5 Å². The highest BCUT2D eigenvalue weighted by Crippen LogP contribution is 2.29.